The summed E-state index contributed by atoms with van der Waals surface area (Å²) in [7, 11) is 0. The maximum absolute atomic E-state index is 12.1. The van der Waals surface area contributed by atoms with Gasteiger partial charge in [0.1, 0.15) is 0 Å². The first-order valence-electron chi connectivity index (χ1n) is 7.73. The fraction of sp³-hybridized carbons (Fsp3) is 0.368. The number of aryl methyl sites for hydroxylation is 3. The Morgan fingerprint density at radius 2 is 1.76 bits per heavy atom. The highest BCUT2D eigenvalue weighted by atomic mass is 16.1. The van der Waals surface area contributed by atoms with E-state index in [1.807, 2.05) is 6.07 Å². The summed E-state index contributed by atoms with van der Waals surface area (Å²) in [5.41, 5.74) is 6.77. The molecule has 1 aliphatic rings. The van der Waals surface area contributed by atoms with Gasteiger partial charge in [-0.3, -0.25) is 9.78 Å². The number of hydrogen-bond acceptors (Lipinski definition) is 2. The lowest BCUT2D eigenvalue weighted by Gasteiger charge is -2.20. The summed E-state index contributed by atoms with van der Waals surface area (Å²) in [6.45, 7) is 4.18. The van der Waals surface area contributed by atoms with Gasteiger partial charge in [0.25, 0.3) is 0 Å². The normalized spacial score (nSPS) is 14.1. The van der Waals surface area contributed by atoms with Crippen LogP contribution >= 0.6 is 0 Å². The third kappa shape index (κ3) is 2.76. The highest BCUT2D eigenvalue weighted by Crippen LogP contribution is 2.27. The molecule has 0 saturated carbocycles. The summed E-state index contributed by atoms with van der Waals surface area (Å²) < 4.78 is 0. The Balaban J connectivity index is 1.89. The van der Waals surface area contributed by atoms with Crippen LogP contribution in [-0.4, -0.2) is 10.8 Å². The third-order valence-electron chi connectivity index (χ3n) is 4.52. The van der Waals surface area contributed by atoms with E-state index < -0.39 is 0 Å². The van der Waals surface area contributed by atoms with Crippen LogP contribution in [0.3, 0.4) is 0 Å². The number of Topliss-reactive ketones (excluding diaryl/α,β-unsaturated/α-hetero) is 1. The first-order chi connectivity index (χ1) is 10.2. The third-order valence-corrected chi connectivity index (χ3v) is 4.52. The van der Waals surface area contributed by atoms with Crippen LogP contribution in [0.25, 0.3) is 0 Å². The van der Waals surface area contributed by atoms with E-state index >= 15 is 0 Å². The lowest BCUT2D eigenvalue weighted by atomic mass is 9.88. The molecule has 108 valence electrons. The average molecular weight is 279 g/mol. The first-order valence-corrected chi connectivity index (χ1v) is 7.73. The van der Waals surface area contributed by atoms with E-state index in [9.17, 15) is 4.79 Å². The van der Waals surface area contributed by atoms with Crippen molar-refractivity contribution in [1.29, 1.82) is 0 Å². The predicted octanol–water partition coefficient (Wildman–Crippen LogP) is 4.00. The van der Waals surface area contributed by atoms with E-state index in [0.29, 0.717) is 6.42 Å². The summed E-state index contributed by atoms with van der Waals surface area (Å²) >= 11 is 0. The van der Waals surface area contributed by atoms with Gasteiger partial charge < -0.3 is 0 Å². The highest BCUT2D eigenvalue weighted by Gasteiger charge is 2.23. The number of fused-ring (bicyclic) bond motifs is 1. The second-order valence-electron chi connectivity index (χ2n) is 5.89. The number of rotatable bonds is 3. The first kappa shape index (κ1) is 14.0. The number of carbonyl (C=O) groups excluding carboxylic acids is 1. The second kappa shape index (κ2) is 5.80. The van der Waals surface area contributed by atoms with Gasteiger partial charge in [-0.1, -0.05) is 30.3 Å². The van der Waals surface area contributed by atoms with Crippen LogP contribution in [0.2, 0.25) is 0 Å². The minimum atomic E-state index is 0.277. The topological polar surface area (TPSA) is 30.0 Å². The van der Waals surface area contributed by atoms with Gasteiger partial charge in [-0.15, -0.1) is 0 Å². The molecule has 0 unspecified atom stereocenters. The van der Waals surface area contributed by atoms with Crippen molar-refractivity contribution < 1.29 is 4.79 Å². The molecule has 21 heavy (non-hydrogen) atoms. The van der Waals surface area contributed by atoms with Gasteiger partial charge in [0.2, 0.25) is 0 Å². The Bertz CT molecular complexity index is 674. The van der Waals surface area contributed by atoms with Crippen LogP contribution in [0.4, 0.5) is 0 Å². The zero-order chi connectivity index (χ0) is 14.8. The molecule has 0 spiro atoms. The number of carbonyl (C=O) groups is 1. The van der Waals surface area contributed by atoms with E-state index in [1.54, 1.807) is 0 Å². The Morgan fingerprint density at radius 3 is 2.52 bits per heavy atom. The summed E-state index contributed by atoms with van der Waals surface area (Å²) in [6, 6.07) is 10.5. The van der Waals surface area contributed by atoms with Crippen LogP contribution in [0.15, 0.2) is 30.3 Å². The zero-order valence-corrected chi connectivity index (χ0v) is 12.8. The van der Waals surface area contributed by atoms with Crippen LogP contribution in [-0.2, 0) is 19.3 Å². The van der Waals surface area contributed by atoms with E-state index in [0.717, 1.165) is 48.2 Å². The molecule has 2 aromatic rings. The molecule has 1 heterocycles. The molecule has 0 aliphatic heterocycles. The van der Waals surface area contributed by atoms with Crippen molar-refractivity contribution in [3.8, 4) is 0 Å². The predicted molar refractivity (Wildman–Crippen MR) is 84.8 cm³/mol. The summed E-state index contributed by atoms with van der Waals surface area (Å²) in [5.74, 6) is 0.277. The van der Waals surface area contributed by atoms with Crippen molar-refractivity contribution in [2.24, 2.45) is 0 Å². The summed E-state index contributed by atoms with van der Waals surface area (Å²) in [4.78, 5) is 16.9. The van der Waals surface area contributed by atoms with Crippen molar-refractivity contribution in [2.45, 2.75) is 46.0 Å². The molecule has 0 fully saturated rings. The largest absolute Gasteiger partial charge is 0.294 e. The van der Waals surface area contributed by atoms with Gasteiger partial charge >= 0.3 is 0 Å². The van der Waals surface area contributed by atoms with E-state index in [1.165, 1.54) is 11.1 Å². The molecule has 3 rings (SSSR count). The van der Waals surface area contributed by atoms with Crippen LogP contribution < -0.4 is 0 Å². The van der Waals surface area contributed by atoms with Gasteiger partial charge in [0, 0.05) is 17.7 Å². The van der Waals surface area contributed by atoms with E-state index in [2.05, 4.69) is 38.1 Å². The van der Waals surface area contributed by atoms with Crippen LogP contribution in [0, 0.1) is 13.8 Å². The van der Waals surface area contributed by atoms with Crippen molar-refractivity contribution in [2.75, 3.05) is 0 Å². The molecular weight excluding hydrogens is 258 g/mol. The Hall–Kier alpha value is -1.96. The second-order valence-corrected chi connectivity index (χ2v) is 5.89. The average Bonchev–Trinajstić information content (AvgIpc) is 2.50. The Kier molecular flexibility index (Phi) is 3.87. The lowest BCUT2D eigenvalue weighted by Crippen LogP contribution is -2.17. The van der Waals surface area contributed by atoms with Gasteiger partial charge in [-0.2, -0.15) is 0 Å². The zero-order valence-electron chi connectivity index (χ0n) is 12.8. The summed E-state index contributed by atoms with van der Waals surface area (Å²) in [5, 5.41) is 0. The molecule has 0 amide bonds. The molecule has 0 N–H and O–H groups in total. The molecule has 0 bridgehead atoms. The number of benzene rings is 1. The minimum Gasteiger partial charge on any atom is -0.294 e. The maximum Gasteiger partial charge on any atom is 0.164 e. The fourth-order valence-electron chi connectivity index (χ4n) is 3.17. The fourth-order valence-corrected chi connectivity index (χ4v) is 3.17. The molecule has 0 atom stereocenters. The van der Waals surface area contributed by atoms with Crippen LogP contribution in [0.5, 0.6) is 0 Å². The molecule has 1 aromatic carbocycles. The standard InChI is InChI=1S/C19H21NO/c1-13-14(2)19-17(9-6-10-18(19)21)20-16(13)12-11-15-7-4-3-5-8-15/h3-5,7-8H,6,9-12H2,1-2H3. The number of aromatic nitrogens is 1. The lowest BCUT2D eigenvalue weighted by molar-refractivity contribution is 0.0970. The number of hydrogen-bond donors (Lipinski definition) is 0. The molecular formula is C19H21NO. The maximum atomic E-state index is 12.1. The molecule has 1 aromatic heterocycles. The van der Waals surface area contributed by atoms with Gasteiger partial charge in [-0.05, 0) is 56.2 Å². The molecule has 0 radical (unpaired) electrons. The monoisotopic (exact) mass is 279 g/mol. The SMILES string of the molecule is Cc1c(CCc2ccccc2)nc2c(c1C)C(=O)CCC2. The van der Waals surface area contributed by atoms with Crippen LogP contribution in [0.1, 0.15) is 51.3 Å². The van der Waals surface area contributed by atoms with E-state index in [4.69, 9.17) is 4.98 Å². The smallest absolute Gasteiger partial charge is 0.164 e. The van der Waals surface area contributed by atoms with Gasteiger partial charge in [-0.25, -0.2) is 0 Å². The molecule has 2 nitrogen and oxygen atoms in total. The molecule has 1 aliphatic carbocycles. The van der Waals surface area contributed by atoms with Crippen molar-refractivity contribution in [3.63, 3.8) is 0 Å². The molecule has 2 heteroatoms. The van der Waals surface area contributed by atoms with Crippen molar-refractivity contribution >= 4 is 5.78 Å². The van der Waals surface area contributed by atoms with Gasteiger partial charge in [0.15, 0.2) is 5.78 Å². The van der Waals surface area contributed by atoms with Gasteiger partial charge in [0.05, 0.1) is 5.69 Å². The quantitative estimate of drug-likeness (QED) is 0.850. The molecule has 0 saturated heterocycles. The Morgan fingerprint density at radius 1 is 1.00 bits per heavy atom. The van der Waals surface area contributed by atoms with Crippen molar-refractivity contribution in [1.82, 2.24) is 4.98 Å². The minimum absolute atomic E-state index is 0.277. The summed E-state index contributed by atoms with van der Waals surface area (Å²) in [6.07, 6.45) is 4.51. The Labute approximate surface area is 126 Å². The van der Waals surface area contributed by atoms with Crippen molar-refractivity contribution in [3.05, 3.63) is 64.0 Å². The highest BCUT2D eigenvalue weighted by molar-refractivity contribution is 5.99. The van der Waals surface area contributed by atoms with E-state index in [-0.39, 0.29) is 5.78 Å². The number of nitrogens with zero attached hydrogens (tertiary/aromatic N) is 1. The number of ketones is 1. The number of pyridine rings is 1.